The second-order valence-electron chi connectivity index (χ2n) is 7.35. The third-order valence-electron chi connectivity index (χ3n) is 4.64. The second kappa shape index (κ2) is 15.2. The fourth-order valence-electron chi connectivity index (χ4n) is 3.09. The zero-order valence-electron chi connectivity index (χ0n) is 17.0. The highest BCUT2D eigenvalue weighted by atomic mass is 16.2. The summed E-state index contributed by atoms with van der Waals surface area (Å²) in [4.78, 5) is 26.4. The highest BCUT2D eigenvalue weighted by molar-refractivity contribution is 5.87. The molecule has 0 rings (SSSR count). The van der Waals surface area contributed by atoms with E-state index in [-0.39, 0.29) is 17.7 Å². The van der Waals surface area contributed by atoms with Crippen LogP contribution in [0.3, 0.4) is 0 Å². The summed E-state index contributed by atoms with van der Waals surface area (Å²) in [6.45, 7) is 7.31. The summed E-state index contributed by atoms with van der Waals surface area (Å²) < 4.78 is 0. The Kier molecular flexibility index (Phi) is 14.5. The molecular formula is C20H41N3O2. The van der Waals surface area contributed by atoms with Gasteiger partial charge in [-0.1, -0.05) is 65.7 Å². The first-order chi connectivity index (χ1) is 12.0. The van der Waals surface area contributed by atoms with Gasteiger partial charge in [0, 0.05) is 20.0 Å². The number of carbonyl (C=O) groups is 2. The quantitative estimate of drug-likeness (QED) is 0.442. The van der Waals surface area contributed by atoms with Gasteiger partial charge >= 0.3 is 0 Å². The highest BCUT2D eigenvalue weighted by Gasteiger charge is 2.29. The maximum Gasteiger partial charge on any atom is 0.243 e. The van der Waals surface area contributed by atoms with Crippen molar-refractivity contribution in [3.63, 3.8) is 0 Å². The third kappa shape index (κ3) is 11.2. The zero-order chi connectivity index (χ0) is 19.1. The molecule has 25 heavy (non-hydrogen) atoms. The van der Waals surface area contributed by atoms with Crippen LogP contribution in [0.2, 0.25) is 0 Å². The van der Waals surface area contributed by atoms with E-state index in [2.05, 4.69) is 12.2 Å². The average Bonchev–Trinajstić information content (AvgIpc) is 2.57. The third-order valence-corrected chi connectivity index (χ3v) is 4.64. The van der Waals surface area contributed by atoms with Crippen LogP contribution in [-0.4, -0.2) is 42.9 Å². The van der Waals surface area contributed by atoms with Crippen molar-refractivity contribution >= 4 is 11.8 Å². The van der Waals surface area contributed by atoms with Gasteiger partial charge in [-0.05, 0) is 25.3 Å². The molecule has 148 valence electrons. The topological polar surface area (TPSA) is 75.4 Å². The Morgan fingerprint density at radius 1 is 0.960 bits per heavy atom. The Balaban J connectivity index is 4.13. The molecule has 5 nitrogen and oxygen atoms in total. The molecule has 0 radical (unpaired) electrons. The predicted molar refractivity (Wildman–Crippen MR) is 105 cm³/mol. The predicted octanol–water partition coefficient (Wildman–Crippen LogP) is 3.47. The number of unbranched alkanes of at least 4 members (excludes halogenated alkanes) is 7. The molecule has 0 aromatic heterocycles. The maximum absolute atomic E-state index is 12.4. The van der Waals surface area contributed by atoms with Gasteiger partial charge in [-0.2, -0.15) is 0 Å². The number of nitrogens with one attached hydrogen (secondary N) is 1. The number of amides is 2. The molecule has 3 N–H and O–H groups in total. The van der Waals surface area contributed by atoms with Gasteiger partial charge in [0.2, 0.25) is 11.8 Å². The Hall–Kier alpha value is -1.10. The molecular weight excluding hydrogens is 314 g/mol. The maximum atomic E-state index is 12.4. The van der Waals surface area contributed by atoms with Crippen molar-refractivity contribution in [2.24, 2.45) is 11.7 Å². The number of carbonyl (C=O) groups excluding carboxylic acids is 2. The van der Waals surface area contributed by atoms with Crippen LogP contribution in [-0.2, 0) is 9.59 Å². The molecule has 0 aliphatic rings. The van der Waals surface area contributed by atoms with Crippen LogP contribution in [0.15, 0.2) is 0 Å². The molecule has 0 aromatic carbocycles. The lowest BCUT2D eigenvalue weighted by atomic mass is 10.0. The van der Waals surface area contributed by atoms with E-state index in [1.54, 1.807) is 11.9 Å². The first-order valence-electron chi connectivity index (χ1n) is 10.2. The summed E-state index contributed by atoms with van der Waals surface area (Å²) in [5.74, 6) is 0.0827. The van der Waals surface area contributed by atoms with Crippen LogP contribution in [0.5, 0.6) is 0 Å². The van der Waals surface area contributed by atoms with Gasteiger partial charge < -0.3 is 16.0 Å². The first-order valence-corrected chi connectivity index (χ1v) is 10.2. The second-order valence-corrected chi connectivity index (χ2v) is 7.35. The lowest BCUT2D eigenvalue weighted by Crippen LogP contribution is -2.50. The SMILES string of the molecule is CCCCCCCCCCC(=O)N(C)C(C(=O)NCCCN)C(C)C. The van der Waals surface area contributed by atoms with Gasteiger partial charge in [0.25, 0.3) is 0 Å². The molecule has 0 saturated carbocycles. The molecule has 0 spiro atoms. The lowest BCUT2D eigenvalue weighted by molar-refractivity contribution is -0.140. The van der Waals surface area contributed by atoms with Gasteiger partial charge in [0.1, 0.15) is 6.04 Å². The first kappa shape index (κ1) is 23.9. The van der Waals surface area contributed by atoms with Gasteiger partial charge in [0.05, 0.1) is 0 Å². The number of hydrogen-bond donors (Lipinski definition) is 2. The number of nitrogens with zero attached hydrogens (tertiary/aromatic N) is 1. The number of rotatable bonds is 15. The average molecular weight is 356 g/mol. The number of likely N-dealkylation sites (N-methyl/N-ethyl adjacent to an activating group) is 1. The standard InChI is InChI=1S/C20H41N3O2/c1-5-6-7-8-9-10-11-12-14-18(24)23(4)19(17(2)3)20(25)22-16-13-15-21/h17,19H,5-16,21H2,1-4H3,(H,22,25). The molecule has 2 amide bonds. The molecule has 5 heteroatoms. The lowest BCUT2D eigenvalue weighted by Gasteiger charge is -2.30. The fourth-order valence-corrected chi connectivity index (χ4v) is 3.09. The van der Waals surface area contributed by atoms with Gasteiger partial charge in [-0.3, -0.25) is 9.59 Å². The van der Waals surface area contributed by atoms with Gasteiger partial charge in [0.15, 0.2) is 0 Å². The van der Waals surface area contributed by atoms with Crippen molar-refractivity contribution in [2.75, 3.05) is 20.1 Å². The molecule has 0 bridgehead atoms. The molecule has 0 aliphatic heterocycles. The largest absolute Gasteiger partial charge is 0.354 e. The normalized spacial score (nSPS) is 12.2. The van der Waals surface area contributed by atoms with E-state index < -0.39 is 6.04 Å². The summed E-state index contributed by atoms with van der Waals surface area (Å²) in [7, 11) is 1.75. The van der Waals surface area contributed by atoms with E-state index in [0.717, 1.165) is 19.3 Å². The van der Waals surface area contributed by atoms with Crippen LogP contribution < -0.4 is 11.1 Å². The smallest absolute Gasteiger partial charge is 0.243 e. The summed E-state index contributed by atoms with van der Waals surface area (Å²) in [6.07, 6.45) is 11.0. The molecule has 1 atom stereocenters. The fraction of sp³-hybridized carbons (Fsp3) is 0.900. The van der Waals surface area contributed by atoms with Crippen molar-refractivity contribution in [3.05, 3.63) is 0 Å². The van der Waals surface area contributed by atoms with Gasteiger partial charge in [-0.15, -0.1) is 0 Å². The van der Waals surface area contributed by atoms with E-state index in [1.165, 1.54) is 38.5 Å². The molecule has 1 unspecified atom stereocenters. The summed E-state index contributed by atoms with van der Waals surface area (Å²) in [6, 6.07) is -0.403. The molecule has 0 saturated heterocycles. The zero-order valence-corrected chi connectivity index (χ0v) is 17.0. The van der Waals surface area contributed by atoms with E-state index in [4.69, 9.17) is 5.73 Å². The molecule has 0 fully saturated rings. The highest BCUT2D eigenvalue weighted by Crippen LogP contribution is 2.14. The van der Waals surface area contributed by atoms with Gasteiger partial charge in [-0.25, -0.2) is 0 Å². The van der Waals surface area contributed by atoms with E-state index in [9.17, 15) is 9.59 Å². The number of nitrogens with two attached hydrogens (primary N) is 1. The van der Waals surface area contributed by atoms with Crippen LogP contribution in [0.25, 0.3) is 0 Å². The Labute approximate surface area is 155 Å². The van der Waals surface area contributed by atoms with Crippen molar-refractivity contribution in [1.82, 2.24) is 10.2 Å². The van der Waals surface area contributed by atoms with Crippen molar-refractivity contribution in [3.8, 4) is 0 Å². The summed E-state index contributed by atoms with van der Waals surface area (Å²) in [5.41, 5.74) is 5.46. The van der Waals surface area contributed by atoms with E-state index in [1.807, 2.05) is 13.8 Å². The minimum atomic E-state index is -0.403. The molecule has 0 aromatic rings. The minimum Gasteiger partial charge on any atom is -0.354 e. The molecule has 0 heterocycles. The van der Waals surface area contributed by atoms with Crippen molar-refractivity contribution in [2.45, 2.75) is 91.0 Å². The van der Waals surface area contributed by atoms with E-state index >= 15 is 0 Å². The van der Waals surface area contributed by atoms with E-state index in [0.29, 0.717) is 19.5 Å². The summed E-state index contributed by atoms with van der Waals surface area (Å²) in [5, 5.41) is 2.89. The number of hydrogen-bond acceptors (Lipinski definition) is 3. The van der Waals surface area contributed by atoms with Crippen molar-refractivity contribution in [1.29, 1.82) is 0 Å². The van der Waals surface area contributed by atoms with Crippen molar-refractivity contribution < 1.29 is 9.59 Å². The van der Waals surface area contributed by atoms with Crippen LogP contribution >= 0.6 is 0 Å². The Morgan fingerprint density at radius 3 is 2.04 bits per heavy atom. The Morgan fingerprint density at radius 2 is 1.52 bits per heavy atom. The van der Waals surface area contributed by atoms with Crippen LogP contribution in [0, 0.1) is 5.92 Å². The monoisotopic (exact) mass is 355 g/mol. The minimum absolute atomic E-state index is 0.0682. The van der Waals surface area contributed by atoms with Crippen LogP contribution in [0.4, 0.5) is 0 Å². The molecule has 0 aliphatic carbocycles. The Bertz CT molecular complexity index is 359. The van der Waals surface area contributed by atoms with Crippen LogP contribution in [0.1, 0.15) is 85.0 Å². The summed E-state index contributed by atoms with van der Waals surface area (Å²) >= 11 is 0.